The molecule has 0 spiro atoms. The third kappa shape index (κ3) is 3.61. The van der Waals surface area contributed by atoms with Gasteiger partial charge in [-0.3, -0.25) is 14.2 Å². The van der Waals surface area contributed by atoms with Crippen LogP contribution in [0.25, 0.3) is 10.2 Å². The zero-order valence-electron chi connectivity index (χ0n) is 11.3. The maximum absolute atomic E-state index is 12.1. The molecule has 1 saturated carbocycles. The molecule has 0 aliphatic heterocycles. The number of aromatic nitrogens is 2. The molecule has 1 amide bonds. The minimum absolute atomic E-state index is 0. The first kappa shape index (κ1) is 15.9. The molecule has 1 fully saturated rings. The summed E-state index contributed by atoms with van der Waals surface area (Å²) in [5.41, 5.74) is 5.73. The summed E-state index contributed by atoms with van der Waals surface area (Å²) in [6, 6.07) is 1.75. The van der Waals surface area contributed by atoms with Crippen LogP contribution in [0.2, 0.25) is 0 Å². The van der Waals surface area contributed by atoms with Crippen molar-refractivity contribution in [3.63, 3.8) is 0 Å². The van der Waals surface area contributed by atoms with Gasteiger partial charge >= 0.3 is 0 Å². The van der Waals surface area contributed by atoms with E-state index in [9.17, 15) is 9.59 Å². The van der Waals surface area contributed by atoms with Crippen molar-refractivity contribution in [2.75, 3.05) is 6.54 Å². The van der Waals surface area contributed by atoms with Gasteiger partial charge in [0.05, 0.1) is 11.7 Å². The number of thiophene rings is 1. The molecule has 3 N–H and O–H groups in total. The molecular formula is C13H17ClN4O2S. The Labute approximate surface area is 131 Å². The van der Waals surface area contributed by atoms with E-state index in [0.717, 1.165) is 12.8 Å². The van der Waals surface area contributed by atoms with Crippen molar-refractivity contribution >= 4 is 39.9 Å². The van der Waals surface area contributed by atoms with E-state index in [1.54, 1.807) is 6.07 Å². The Morgan fingerprint density at radius 1 is 1.57 bits per heavy atom. The molecule has 8 heteroatoms. The number of hydrogen-bond donors (Lipinski definition) is 2. The fraction of sp³-hybridized carbons (Fsp3) is 0.462. The molecule has 0 saturated heterocycles. The van der Waals surface area contributed by atoms with Crippen LogP contribution in [-0.2, 0) is 11.3 Å². The highest BCUT2D eigenvalue weighted by molar-refractivity contribution is 7.16. The summed E-state index contributed by atoms with van der Waals surface area (Å²) in [6.07, 6.45) is 3.71. The quantitative estimate of drug-likeness (QED) is 0.846. The number of carbonyl (C=O) groups is 1. The smallest absolute Gasteiger partial charge is 0.262 e. The number of nitrogens with two attached hydrogens (primary N) is 1. The molecule has 1 atom stereocenters. The first-order valence-electron chi connectivity index (χ1n) is 6.60. The third-order valence-corrected chi connectivity index (χ3v) is 4.35. The van der Waals surface area contributed by atoms with Gasteiger partial charge in [0.15, 0.2) is 0 Å². The molecule has 3 rings (SSSR count). The van der Waals surface area contributed by atoms with Crippen LogP contribution in [0.5, 0.6) is 0 Å². The van der Waals surface area contributed by atoms with Gasteiger partial charge in [-0.2, -0.15) is 0 Å². The zero-order valence-corrected chi connectivity index (χ0v) is 13.0. The Morgan fingerprint density at radius 3 is 3.05 bits per heavy atom. The van der Waals surface area contributed by atoms with Gasteiger partial charge in [-0.25, -0.2) is 4.98 Å². The highest BCUT2D eigenvalue weighted by atomic mass is 35.5. The van der Waals surface area contributed by atoms with E-state index in [-0.39, 0.29) is 36.5 Å². The Hall–Kier alpha value is -1.44. The van der Waals surface area contributed by atoms with Gasteiger partial charge in [0.1, 0.15) is 11.4 Å². The third-order valence-electron chi connectivity index (χ3n) is 3.53. The summed E-state index contributed by atoms with van der Waals surface area (Å²) in [7, 11) is 0. The van der Waals surface area contributed by atoms with Gasteiger partial charge in [-0.15, -0.1) is 23.7 Å². The Morgan fingerprint density at radius 2 is 2.33 bits per heavy atom. The topological polar surface area (TPSA) is 90.0 Å². The van der Waals surface area contributed by atoms with Gasteiger partial charge in [-0.1, -0.05) is 0 Å². The maximum atomic E-state index is 12.1. The Kier molecular flexibility index (Phi) is 4.97. The molecule has 0 aromatic carbocycles. The van der Waals surface area contributed by atoms with Crippen molar-refractivity contribution < 1.29 is 4.79 Å². The standard InChI is InChI=1S/C13H16N4O2S.ClH/c14-10(8-1-2-8)5-15-11(18)6-17-7-16-12-9(13(17)19)3-4-20-12;/h3-4,7-8,10H,1-2,5-6,14H2,(H,15,18);1H. The predicted octanol–water partition coefficient (Wildman–Crippen LogP) is 0.733. The van der Waals surface area contributed by atoms with Crippen LogP contribution in [0.4, 0.5) is 0 Å². The SMILES string of the molecule is Cl.NC(CNC(=O)Cn1cnc2sccc2c1=O)C1CC1. The summed E-state index contributed by atoms with van der Waals surface area (Å²) < 4.78 is 1.33. The molecule has 6 nitrogen and oxygen atoms in total. The van der Waals surface area contributed by atoms with Crippen molar-refractivity contribution in [1.29, 1.82) is 0 Å². The van der Waals surface area contributed by atoms with Crippen LogP contribution in [0.1, 0.15) is 12.8 Å². The summed E-state index contributed by atoms with van der Waals surface area (Å²) in [6.45, 7) is 0.446. The Balaban J connectivity index is 0.00000161. The van der Waals surface area contributed by atoms with Crippen LogP contribution < -0.4 is 16.6 Å². The zero-order chi connectivity index (χ0) is 14.1. The molecule has 2 heterocycles. The largest absolute Gasteiger partial charge is 0.353 e. The van der Waals surface area contributed by atoms with E-state index >= 15 is 0 Å². The van der Waals surface area contributed by atoms with Gasteiger partial charge in [0.2, 0.25) is 5.91 Å². The molecule has 0 bridgehead atoms. The second-order valence-electron chi connectivity index (χ2n) is 5.12. The second kappa shape index (κ2) is 6.55. The summed E-state index contributed by atoms with van der Waals surface area (Å²) in [5.74, 6) is 0.335. The molecule has 2 aromatic heterocycles. The van der Waals surface area contributed by atoms with Crippen molar-refractivity contribution in [2.45, 2.75) is 25.4 Å². The van der Waals surface area contributed by atoms with Gasteiger partial charge < -0.3 is 11.1 Å². The van der Waals surface area contributed by atoms with E-state index in [4.69, 9.17) is 5.73 Å². The lowest BCUT2D eigenvalue weighted by molar-refractivity contribution is -0.121. The fourth-order valence-electron chi connectivity index (χ4n) is 2.14. The fourth-order valence-corrected chi connectivity index (χ4v) is 2.86. The minimum Gasteiger partial charge on any atom is -0.353 e. The lowest BCUT2D eigenvalue weighted by atomic mass is 10.2. The van der Waals surface area contributed by atoms with Gasteiger partial charge in [0, 0.05) is 12.6 Å². The lowest BCUT2D eigenvalue weighted by Crippen LogP contribution is -2.40. The number of hydrogen-bond acceptors (Lipinski definition) is 5. The average molecular weight is 329 g/mol. The van der Waals surface area contributed by atoms with Crippen molar-refractivity contribution in [3.8, 4) is 0 Å². The lowest BCUT2D eigenvalue weighted by Gasteiger charge is -2.12. The van der Waals surface area contributed by atoms with E-state index in [0.29, 0.717) is 22.7 Å². The number of halogens is 1. The molecular weight excluding hydrogens is 312 g/mol. The predicted molar refractivity (Wildman–Crippen MR) is 84.8 cm³/mol. The molecule has 0 radical (unpaired) electrons. The van der Waals surface area contributed by atoms with E-state index in [2.05, 4.69) is 10.3 Å². The van der Waals surface area contributed by atoms with Gasteiger partial charge in [0.25, 0.3) is 5.56 Å². The highest BCUT2D eigenvalue weighted by Crippen LogP contribution is 2.31. The maximum Gasteiger partial charge on any atom is 0.262 e. The van der Waals surface area contributed by atoms with Crippen LogP contribution in [-0.4, -0.2) is 28.0 Å². The molecule has 2 aromatic rings. The van der Waals surface area contributed by atoms with Crippen molar-refractivity contribution in [3.05, 3.63) is 28.1 Å². The normalized spacial score (nSPS) is 15.5. The number of nitrogens with one attached hydrogen (secondary N) is 1. The summed E-state index contributed by atoms with van der Waals surface area (Å²) >= 11 is 1.41. The number of rotatable bonds is 5. The van der Waals surface area contributed by atoms with Crippen LogP contribution in [0, 0.1) is 5.92 Å². The Bertz CT molecular complexity index is 695. The van der Waals surface area contributed by atoms with Crippen molar-refractivity contribution in [2.24, 2.45) is 11.7 Å². The van der Waals surface area contributed by atoms with Crippen LogP contribution in [0.3, 0.4) is 0 Å². The van der Waals surface area contributed by atoms with Gasteiger partial charge in [-0.05, 0) is 30.2 Å². The molecule has 21 heavy (non-hydrogen) atoms. The van der Waals surface area contributed by atoms with Crippen LogP contribution >= 0.6 is 23.7 Å². The number of fused-ring (bicyclic) bond motifs is 1. The average Bonchev–Trinajstić information content (AvgIpc) is 3.17. The minimum atomic E-state index is -0.209. The monoisotopic (exact) mass is 328 g/mol. The summed E-state index contributed by atoms with van der Waals surface area (Å²) in [4.78, 5) is 28.8. The highest BCUT2D eigenvalue weighted by Gasteiger charge is 2.28. The molecule has 1 aliphatic carbocycles. The van der Waals surface area contributed by atoms with E-state index in [1.807, 2.05) is 5.38 Å². The second-order valence-corrected chi connectivity index (χ2v) is 6.02. The van der Waals surface area contributed by atoms with Crippen molar-refractivity contribution in [1.82, 2.24) is 14.9 Å². The molecule has 1 unspecified atom stereocenters. The summed E-state index contributed by atoms with van der Waals surface area (Å²) in [5, 5.41) is 5.15. The first-order valence-corrected chi connectivity index (χ1v) is 7.48. The first-order chi connectivity index (χ1) is 9.65. The molecule has 1 aliphatic rings. The van der Waals surface area contributed by atoms with Crippen LogP contribution in [0.15, 0.2) is 22.6 Å². The van der Waals surface area contributed by atoms with E-state index < -0.39 is 0 Å². The number of amides is 1. The number of nitrogens with zero attached hydrogens (tertiary/aromatic N) is 2. The van der Waals surface area contributed by atoms with E-state index in [1.165, 1.54) is 22.2 Å². The number of carbonyl (C=O) groups excluding carboxylic acids is 1. The molecule has 114 valence electrons.